The van der Waals surface area contributed by atoms with Gasteiger partial charge < -0.3 is 9.32 Å². The molecule has 2 nitrogen and oxygen atoms in total. The molecule has 1 aromatic heterocycles. The van der Waals surface area contributed by atoms with Crippen molar-refractivity contribution >= 4 is 39.0 Å². The van der Waals surface area contributed by atoms with Crippen molar-refractivity contribution < 1.29 is 4.42 Å². The van der Waals surface area contributed by atoms with E-state index >= 15 is 0 Å². The van der Waals surface area contributed by atoms with Crippen LogP contribution in [0.4, 0.5) is 17.1 Å². The average molecular weight is 868 g/mol. The van der Waals surface area contributed by atoms with Crippen LogP contribution in [0.25, 0.3) is 55.3 Å². The maximum absolute atomic E-state index is 7.27. The molecule has 0 saturated heterocycles. The fourth-order valence-electron chi connectivity index (χ4n) is 11.1. The summed E-state index contributed by atoms with van der Waals surface area (Å²) in [6, 6.07) is 49.4. The summed E-state index contributed by atoms with van der Waals surface area (Å²) >= 11 is 0. The van der Waals surface area contributed by atoms with Crippen LogP contribution in [0, 0.1) is 0 Å². The zero-order valence-corrected chi connectivity index (χ0v) is 42.5. The maximum Gasteiger partial charge on any atom is 0.143 e. The minimum Gasteiger partial charge on any atom is -0.455 e. The fraction of sp³-hybridized carbons (Fsp3) is 0.344. The normalized spacial score (nSPS) is 15.2. The van der Waals surface area contributed by atoms with E-state index in [-0.39, 0.29) is 32.5 Å². The molecule has 0 unspecified atom stereocenters. The van der Waals surface area contributed by atoms with Gasteiger partial charge in [0.1, 0.15) is 11.2 Å². The van der Waals surface area contributed by atoms with Gasteiger partial charge >= 0.3 is 0 Å². The fourth-order valence-corrected chi connectivity index (χ4v) is 11.1. The van der Waals surface area contributed by atoms with Crippen molar-refractivity contribution in [2.24, 2.45) is 0 Å². The van der Waals surface area contributed by atoms with Gasteiger partial charge in [0.25, 0.3) is 0 Å². The first-order valence-electron chi connectivity index (χ1n) is 24.3. The van der Waals surface area contributed by atoms with Crippen LogP contribution in [0.5, 0.6) is 0 Å². The third-order valence-corrected chi connectivity index (χ3v) is 15.3. The van der Waals surface area contributed by atoms with E-state index in [2.05, 4.69) is 243 Å². The first kappa shape index (κ1) is 44.0. The minimum absolute atomic E-state index is 0.0349. The summed E-state index contributed by atoms with van der Waals surface area (Å²) in [5.41, 5.74) is 23.2. The Hall–Kier alpha value is -5.86. The third kappa shape index (κ3) is 6.88. The number of rotatable bonds is 4. The molecule has 2 heteroatoms. The number of anilines is 3. The van der Waals surface area contributed by atoms with Crippen LogP contribution >= 0.6 is 0 Å². The summed E-state index contributed by atoms with van der Waals surface area (Å²) in [7, 11) is 0. The second-order valence-corrected chi connectivity index (χ2v) is 24.8. The molecule has 336 valence electrons. The van der Waals surface area contributed by atoms with E-state index < -0.39 is 0 Å². The monoisotopic (exact) mass is 868 g/mol. The molecule has 0 N–H and O–H groups in total. The summed E-state index contributed by atoms with van der Waals surface area (Å²) in [5, 5.41) is 2.30. The molecule has 7 aromatic carbocycles. The highest BCUT2D eigenvalue weighted by Gasteiger charge is 2.39. The standard InChI is InChI=1S/C64H69NO/c1-59(2,3)39-23-21-38(22-24-39)49-34-44(35-51-50-31-41(61(7,8)9)33-56(62(10,11)12)58(50)66-57(49)51)65(42-26-29-47-45-19-17-18-20-52(45)63(13,14)54(47)36-42)43-27-30-48-46-28-25-40(60(4,5)6)32-53(46)64(15,16)55(48)37-43/h17-37H,1-16H3. The van der Waals surface area contributed by atoms with E-state index in [0.717, 1.165) is 44.7 Å². The predicted molar refractivity (Wildman–Crippen MR) is 284 cm³/mol. The average Bonchev–Trinajstić information content (AvgIpc) is 3.81. The first-order chi connectivity index (χ1) is 30.7. The molecule has 2 aliphatic rings. The van der Waals surface area contributed by atoms with Gasteiger partial charge in [0, 0.05) is 49.8 Å². The number of benzene rings is 7. The Morgan fingerprint density at radius 1 is 0.364 bits per heavy atom. The first-order valence-corrected chi connectivity index (χ1v) is 24.3. The Labute approximate surface area is 395 Å². The van der Waals surface area contributed by atoms with E-state index in [4.69, 9.17) is 4.42 Å². The van der Waals surface area contributed by atoms with Crippen molar-refractivity contribution in [3.8, 4) is 33.4 Å². The van der Waals surface area contributed by atoms with Gasteiger partial charge in [-0.25, -0.2) is 0 Å². The molecule has 0 spiro atoms. The second kappa shape index (κ2) is 14.3. The smallest absolute Gasteiger partial charge is 0.143 e. The van der Waals surface area contributed by atoms with Crippen LogP contribution in [0.1, 0.15) is 155 Å². The van der Waals surface area contributed by atoms with Gasteiger partial charge in [0.15, 0.2) is 0 Å². The Morgan fingerprint density at radius 3 is 1.41 bits per heavy atom. The lowest BCUT2D eigenvalue weighted by Crippen LogP contribution is -2.19. The molecular weight excluding hydrogens is 799 g/mol. The molecule has 0 fully saturated rings. The molecular formula is C64H69NO. The lowest BCUT2D eigenvalue weighted by atomic mass is 9.79. The van der Waals surface area contributed by atoms with Crippen molar-refractivity contribution in [3.63, 3.8) is 0 Å². The van der Waals surface area contributed by atoms with E-state index in [1.54, 1.807) is 0 Å². The molecule has 0 aliphatic heterocycles. The van der Waals surface area contributed by atoms with E-state index in [0.29, 0.717) is 0 Å². The lowest BCUT2D eigenvalue weighted by Gasteiger charge is -2.30. The van der Waals surface area contributed by atoms with E-state index in [1.165, 1.54) is 72.1 Å². The maximum atomic E-state index is 7.27. The summed E-state index contributed by atoms with van der Waals surface area (Å²) in [5.74, 6) is 0. The van der Waals surface area contributed by atoms with Gasteiger partial charge in [-0.3, -0.25) is 0 Å². The van der Waals surface area contributed by atoms with Gasteiger partial charge in [-0.05, 0) is 131 Å². The van der Waals surface area contributed by atoms with E-state index in [1.807, 2.05) is 0 Å². The molecule has 10 rings (SSSR count). The topological polar surface area (TPSA) is 16.4 Å². The molecule has 1 heterocycles. The molecule has 0 amide bonds. The van der Waals surface area contributed by atoms with Crippen LogP contribution in [-0.2, 0) is 32.5 Å². The van der Waals surface area contributed by atoms with Crippen LogP contribution in [0.2, 0.25) is 0 Å². The van der Waals surface area contributed by atoms with E-state index in [9.17, 15) is 0 Å². The van der Waals surface area contributed by atoms with Gasteiger partial charge in [-0.2, -0.15) is 0 Å². The van der Waals surface area contributed by atoms with Crippen LogP contribution in [0.3, 0.4) is 0 Å². The second-order valence-electron chi connectivity index (χ2n) is 24.8. The number of furan rings is 1. The van der Waals surface area contributed by atoms with Crippen LogP contribution in [0.15, 0.2) is 132 Å². The molecule has 66 heavy (non-hydrogen) atoms. The highest BCUT2D eigenvalue weighted by atomic mass is 16.3. The Bertz CT molecular complexity index is 3270. The van der Waals surface area contributed by atoms with Crippen molar-refractivity contribution in [3.05, 3.63) is 172 Å². The predicted octanol–water partition coefficient (Wildman–Crippen LogP) is 18.5. The van der Waals surface area contributed by atoms with Crippen LogP contribution < -0.4 is 4.90 Å². The van der Waals surface area contributed by atoms with Gasteiger partial charge in [0.05, 0.1) is 0 Å². The summed E-state index contributed by atoms with van der Waals surface area (Å²) in [6.45, 7) is 37.3. The van der Waals surface area contributed by atoms with Gasteiger partial charge in [-0.15, -0.1) is 0 Å². The highest BCUT2D eigenvalue weighted by Crippen LogP contribution is 2.55. The number of nitrogens with zero attached hydrogens (tertiary/aromatic N) is 1. The Morgan fingerprint density at radius 2 is 0.848 bits per heavy atom. The summed E-state index contributed by atoms with van der Waals surface area (Å²) in [4.78, 5) is 2.53. The zero-order valence-electron chi connectivity index (χ0n) is 42.5. The molecule has 0 radical (unpaired) electrons. The Balaban J connectivity index is 1.28. The van der Waals surface area contributed by atoms with Crippen molar-refractivity contribution in [2.75, 3.05) is 4.90 Å². The highest BCUT2D eigenvalue weighted by molar-refractivity contribution is 6.13. The van der Waals surface area contributed by atoms with Crippen LogP contribution in [-0.4, -0.2) is 0 Å². The van der Waals surface area contributed by atoms with Crippen molar-refractivity contribution in [1.82, 2.24) is 0 Å². The lowest BCUT2D eigenvalue weighted by molar-refractivity contribution is 0.559. The van der Waals surface area contributed by atoms with Gasteiger partial charge in [0.2, 0.25) is 0 Å². The third-order valence-electron chi connectivity index (χ3n) is 15.3. The van der Waals surface area contributed by atoms with Crippen molar-refractivity contribution in [1.29, 1.82) is 0 Å². The molecule has 2 aliphatic carbocycles. The largest absolute Gasteiger partial charge is 0.455 e. The SMILES string of the molecule is CC(C)(C)c1ccc(-c2cc(N(c3ccc4c(c3)C(C)(C)c3ccccc3-4)c3ccc4c(c3)C(C)(C)c3cc(C(C)(C)C)ccc3-4)cc3c2oc2c(C(C)(C)C)cc(C(C)(C)C)cc23)cc1. The molecule has 0 saturated carbocycles. The zero-order chi connectivity index (χ0) is 47.3. The Kier molecular flexibility index (Phi) is 9.55. The van der Waals surface area contributed by atoms with Gasteiger partial charge in [-0.1, -0.05) is 196 Å². The number of hydrogen-bond donors (Lipinski definition) is 0. The number of fused-ring (bicyclic) bond motifs is 9. The minimum atomic E-state index is -0.188. The number of hydrogen-bond acceptors (Lipinski definition) is 2. The quantitative estimate of drug-likeness (QED) is 0.175. The molecule has 0 atom stereocenters. The molecule has 0 bridgehead atoms. The van der Waals surface area contributed by atoms with Crippen molar-refractivity contribution in [2.45, 2.75) is 143 Å². The molecule has 8 aromatic rings. The summed E-state index contributed by atoms with van der Waals surface area (Å²) < 4.78 is 7.27. The summed E-state index contributed by atoms with van der Waals surface area (Å²) in [6.07, 6.45) is 0.